The molecular weight excluding hydrogens is 394 g/mol. The van der Waals surface area contributed by atoms with Gasteiger partial charge in [-0.3, -0.25) is 4.79 Å². The van der Waals surface area contributed by atoms with Crippen molar-refractivity contribution >= 4 is 32.3 Å². The second-order valence-electron chi connectivity index (χ2n) is 6.46. The number of hydrogen-bond donors (Lipinski definition) is 1. The monoisotopic (exact) mass is 409 g/mol. The highest BCUT2D eigenvalue weighted by molar-refractivity contribution is 7.90. The summed E-state index contributed by atoms with van der Waals surface area (Å²) < 4.78 is 26.6. The number of benzene rings is 3. The topological polar surface area (TPSA) is 67.0 Å². The third-order valence-corrected chi connectivity index (χ3v) is 6.47. The number of pyridine rings is 1. The fourth-order valence-electron chi connectivity index (χ4n) is 3.30. The number of halogens is 1. The molecule has 1 N–H and O–H groups in total. The van der Waals surface area contributed by atoms with Gasteiger partial charge in [-0.2, -0.15) is 0 Å². The number of H-pyrrole nitrogens is 1. The number of fused-ring (bicyclic) bond motifs is 1. The molecular formula is C22H16ClNO3S. The van der Waals surface area contributed by atoms with Gasteiger partial charge in [0.05, 0.1) is 5.75 Å². The van der Waals surface area contributed by atoms with E-state index < -0.39 is 15.4 Å². The minimum absolute atomic E-state index is 0.239. The summed E-state index contributed by atoms with van der Waals surface area (Å²) in [5.74, 6) is -0.261. The van der Waals surface area contributed by atoms with E-state index in [4.69, 9.17) is 11.6 Å². The molecule has 140 valence electrons. The van der Waals surface area contributed by atoms with Crippen molar-refractivity contribution in [3.05, 3.63) is 99.8 Å². The minimum Gasteiger partial charge on any atom is -0.321 e. The normalized spacial score (nSPS) is 11.6. The molecule has 0 amide bonds. The summed E-state index contributed by atoms with van der Waals surface area (Å²) in [7, 11) is -3.91. The van der Waals surface area contributed by atoms with Crippen LogP contribution in [0.5, 0.6) is 0 Å². The minimum atomic E-state index is -3.91. The molecule has 28 heavy (non-hydrogen) atoms. The predicted octanol–water partition coefficient (Wildman–Crippen LogP) is 4.82. The van der Waals surface area contributed by atoms with Crippen LogP contribution in [0.15, 0.2) is 88.6 Å². The largest absolute Gasteiger partial charge is 0.321 e. The SMILES string of the molecule is O=c1[nH]c2ccc(Cl)cc2c(-c2ccccc2)c1S(=O)(=O)Cc1ccccc1. The number of sulfone groups is 1. The van der Waals surface area contributed by atoms with Gasteiger partial charge in [0, 0.05) is 21.5 Å². The lowest BCUT2D eigenvalue weighted by molar-refractivity contribution is 0.594. The van der Waals surface area contributed by atoms with Crippen LogP contribution in [0.1, 0.15) is 5.56 Å². The highest BCUT2D eigenvalue weighted by Crippen LogP contribution is 2.34. The molecule has 0 unspecified atom stereocenters. The Morgan fingerprint density at radius 1 is 0.857 bits per heavy atom. The standard InChI is InChI=1S/C22H16ClNO3S/c23-17-11-12-19-18(13-17)20(16-9-5-2-6-10-16)21(22(25)24-19)28(26,27)14-15-7-3-1-4-8-15/h1-13H,14H2,(H,24,25). The van der Waals surface area contributed by atoms with Crippen LogP contribution in [0.4, 0.5) is 0 Å². The van der Waals surface area contributed by atoms with Gasteiger partial charge in [-0.15, -0.1) is 0 Å². The molecule has 0 saturated carbocycles. The molecule has 0 atom stereocenters. The molecule has 3 aromatic carbocycles. The van der Waals surface area contributed by atoms with Crippen LogP contribution in [0.2, 0.25) is 5.02 Å². The van der Waals surface area contributed by atoms with E-state index in [2.05, 4.69) is 4.98 Å². The van der Waals surface area contributed by atoms with Crippen LogP contribution in [0.3, 0.4) is 0 Å². The lowest BCUT2D eigenvalue weighted by Gasteiger charge is -2.14. The molecule has 0 aliphatic rings. The summed E-state index contributed by atoms with van der Waals surface area (Å²) in [6.45, 7) is 0. The summed E-state index contributed by atoms with van der Waals surface area (Å²) >= 11 is 6.17. The van der Waals surface area contributed by atoms with E-state index in [-0.39, 0.29) is 10.6 Å². The van der Waals surface area contributed by atoms with Crippen molar-refractivity contribution in [3.8, 4) is 11.1 Å². The summed E-state index contributed by atoms with van der Waals surface area (Å²) in [5.41, 5.74) is 1.54. The molecule has 0 fully saturated rings. The molecule has 0 spiro atoms. The fraction of sp³-hybridized carbons (Fsp3) is 0.0455. The number of hydrogen-bond acceptors (Lipinski definition) is 3. The maximum Gasteiger partial charge on any atom is 0.267 e. The summed E-state index contributed by atoms with van der Waals surface area (Å²) in [4.78, 5) is 15.3. The Balaban J connectivity index is 2.05. The van der Waals surface area contributed by atoms with Crippen LogP contribution in [0, 0.1) is 0 Å². The van der Waals surface area contributed by atoms with Crippen molar-refractivity contribution in [2.24, 2.45) is 0 Å². The van der Waals surface area contributed by atoms with Gasteiger partial charge < -0.3 is 4.98 Å². The van der Waals surface area contributed by atoms with Crippen molar-refractivity contribution in [3.63, 3.8) is 0 Å². The van der Waals surface area contributed by atoms with E-state index in [1.807, 2.05) is 12.1 Å². The second kappa shape index (κ2) is 7.26. The molecule has 0 aliphatic heterocycles. The zero-order valence-electron chi connectivity index (χ0n) is 14.7. The third-order valence-electron chi connectivity index (χ3n) is 4.51. The molecule has 4 aromatic rings. The zero-order chi connectivity index (χ0) is 19.7. The first-order chi connectivity index (χ1) is 13.5. The van der Waals surface area contributed by atoms with Crippen molar-refractivity contribution in [2.75, 3.05) is 0 Å². The van der Waals surface area contributed by atoms with Crippen molar-refractivity contribution < 1.29 is 8.42 Å². The molecule has 6 heteroatoms. The molecule has 1 heterocycles. The Labute approximate surface area is 167 Å². The Kier molecular flexibility index (Phi) is 4.79. The molecule has 0 bridgehead atoms. The van der Waals surface area contributed by atoms with Gasteiger partial charge in [0.25, 0.3) is 5.56 Å². The average molecular weight is 410 g/mol. The maximum absolute atomic E-state index is 13.3. The molecule has 0 radical (unpaired) electrons. The Bertz CT molecular complexity index is 1310. The van der Waals surface area contributed by atoms with E-state index in [1.54, 1.807) is 66.7 Å². The van der Waals surface area contributed by atoms with E-state index in [9.17, 15) is 13.2 Å². The molecule has 1 aromatic heterocycles. The quantitative estimate of drug-likeness (QED) is 0.525. The Morgan fingerprint density at radius 2 is 1.50 bits per heavy atom. The van der Waals surface area contributed by atoms with Gasteiger partial charge in [-0.05, 0) is 29.3 Å². The summed E-state index contributed by atoms with van der Waals surface area (Å²) in [5, 5.41) is 1.05. The number of aromatic nitrogens is 1. The first kappa shape index (κ1) is 18.5. The van der Waals surface area contributed by atoms with Crippen LogP contribution >= 0.6 is 11.6 Å². The van der Waals surface area contributed by atoms with Gasteiger partial charge in [-0.1, -0.05) is 72.3 Å². The number of aromatic amines is 1. The summed E-state index contributed by atoms with van der Waals surface area (Å²) in [6, 6.07) is 22.9. The van der Waals surface area contributed by atoms with E-state index >= 15 is 0 Å². The van der Waals surface area contributed by atoms with Gasteiger partial charge in [0.2, 0.25) is 0 Å². The second-order valence-corrected chi connectivity index (χ2v) is 8.82. The fourth-order valence-corrected chi connectivity index (χ4v) is 5.12. The first-order valence-electron chi connectivity index (χ1n) is 8.63. The molecule has 4 nitrogen and oxygen atoms in total. The van der Waals surface area contributed by atoms with Gasteiger partial charge in [0.15, 0.2) is 9.84 Å². The Hall–Kier alpha value is -2.89. The molecule has 4 rings (SSSR count). The van der Waals surface area contributed by atoms with Crippen molar-refractivity contribution in [2.45, 2.75) is 10.6 Å². The number of nitrogens with one attached hydrogen (secondary N) is 1. The lowest BCUT2D eigenvalue weighted by Crippen LogP contribution is -2.21. The van der Waals surface area contributed by atoms with Crippen molar-refractivity contribution in [1.82, 2.24) is 4.98 Å². The average Bonchev–Trinajstić information content (AvgIpc) is 2.68. The molecule has 0 aliphatic carbocycles. The summed E-state index contributed by atoms with van der Waals surface area (Å²) in [6.07, 6.45) is 0. The molecule has 0 saturated heterocycles. The van der Waals surface area contributed by atoms with Crippen LogP contribution < -0.4 is 5.56 Å². The highest BCUT2D eigenvalue weighted by Gasteiger charge is 2.26. The van der Waals surface area contributed by atoms with Crippen LogP contribution in [0.25, 0.3) is 22.0 Å². The van der Waals surface area contributed by atoms with E-state index in [0.717, 1.165) is 0 Å². The smallest absolute Gasteiger partial charge is 0.267 e. The van der Waals surface area contributed by atoms with Gasteiger partial charge >= 0.3 is 0 Å². The predicted molar refractivity (Wildman–Crippen MR) is 112 cm³/mol. The van der Waals surface area contributed by atoms with Crippen molar-refractivity contribution in [1.29, 1.82) is 0 Å². The lowest BCUT2D eigenvalue weighted by atomic mass is 10.0. The van der Waals surface area contributed by atoms with Gasteiger partial charge in [-0.25, -0.2) is 8.42 Å². The highest BCUT2D eigenvalue weighted by atomic mass is 35.5. The third kappa shape index (κ3) is 3.46. The zero-order valence-corrected chi connectivity index (χ0v) is 16.3. The van der Waals surface area contributed by atoms with E-state index in [1.165, 1.54) is 0 Å². The van der Waals surface area contributed by atoms with Crippen LogP contribution in [-0.4, -0.2) is 13.4 Å². The Morgan fingerprint density at radius 3 is 2.18 bits per heavy atom. The maximum atomic E-state index is 13.3. The van der Waals surface area contributed by atoms with E-state index in [0.29, 0.717) is 32.6 Å². The first-order valence-corrected chi connectivity index (χ1v) is 10.7. The van der Waals surface area contributed by atoms with Gasteiger partial charge in [0.1, 0.15) is 4.90 Å². The van der Waals surface area contributed by atoms with Crippen LogP contribution in [-0.2, 0) is 15.6 Å². The number of rotatable bonds is 4.